The molecule has 1 amide bonds. The average Bonchev–Trinajstić information content (AvgIpc) is 3.34. The van der Waals surface area contributed by atoms with Gasteiger partial charge in [-0.05, 0) is 42.0 Å². The summed E-state index contributed by atoms with van der Waals surface area (Å²) in [6.07, 6.45) is 0. The highest BCUT2D eigenvalue weighted by Crippen LogP contribution is 2.31. The molecule has 1 saturated heterocycles. The Balaban J connectivity index is 1.17. The number of thiazole rings is 1. The molecular formula is C24H25N3O4S. The first-order valence-corrected chi connectivity index (χ1v) is 11.6. The summed E-state index contributed by atoms with van der Waals surface area (Å²) in [4.78, 5) is 21.8. The van der Waals surface area contributed by atoms with Crippen LogP contribution in [0, 0.1) is 0 Å². The number of benzene rings is 2. The second kappa shape index (κ2) is 9.18. The Kier molecular flexibility index (Phi) is 5.96. The second-order valence-corrected chi connectivity index (χ2v) is 8.67. The topological polar surface area (TPSA) is 64.1 Å². The van der Waals surface area contributed by atoms with Gasteiger partial charge in [-0.15, -0.1) is 11.3 Å². The van der Waals surface area contributed by atoms with Crippen LogP contribution < -0.4 is 14.2 Å². The van der Waals surface area contributed by atoms with E-state index in [0.717, 1.165) is 47.5 Å². The molecule has 3 heterocycles. The fraction of sp³-hybridized carbons (Fsp3) is 0.333. The first-order valence-electron chi connectivity index (χ1n) is 10.7. The van der Waals surface area contributed by atoms with Crippen LogP contribution >= 0.6 is 11.3 Å². The number of ether oxygens (including phenoxy) is 3. The van der Waals surface area contributed by atoms with E-state index in [0.29, 0.717) is 32.0 Å². The number of fused-ring (bicyclic) bond motifs is 1. The summed E-state index contributed by atoms with van der Waals surface area (Å²) in [6, 6.07) is 13.8. The van der Waals surface area contributed by atoms with Gasteiger partial charge in [-0.1, -0.05) is 6.07 Å². The number of hydrogen-bond donors (Lipinski definition) is 0. The van der Waals surface area contributed by atoms with Crippen LogP contribution in [0.1, 0.15) is 16.1 Å². The summed E-state index contributed by atoms with van der Waals surface area (Å²) in [7, 11) is 1.64. The molecule has 2 aliphatic heterocycles. The first kappa shape index (κ1) is 20.8. The van der Waals surface area contributed by atoms with Crippen LogP contribution in [0.15, 0.2) is 47.8 Å². The Morgan fingerprint density at radius 2 is 1.78 bits per heavy atom. The van der Waals surface area contributed by atoms with Gasteiger partial charge in [0.1, 0.15) is 29.7 Å². The fourth-order valence-electron chi connectivity index (χ4n) is 3.95. The number of nitrogens with zero attached hydrogens (tertiary/aromatic N) is 3. The highest BCUT2D eigenvalue weighted by molar-refractivity contribution is 7.13. The lowest BCUT2D eigenvalue weighted by Gasteiger charge is -2.34. The molecule has 0 spiro atoms. The Morgan fingerprint density at radius 1 is 1.03 bits per heavy atom. The standard InChI is InChI=1S/C24H25N3O4S/c1-29-19-5-3-18(4-6-19)23-25-20(16-32-23)24(28)27-10-8-26(9-11-27)15-17-2-7-21-22(14-17)31-13-12-30-21/h2-7,14,16H,8-13,15H2,1H3. The highest BCUT2D eigenvalue weighted by Gasteiger charge is 2.24. The van der Waals surface area contributed by atoms with Crippen LogP contribution in [0.25, 0.3) is 10.6 Å². The molecule has 0 unspecified atom stereocenters. The molecule has 8 heteroatoms. The number of amides is 1. The minimum absolute atomic E-state index is 0.00000815. The Bertz CT molecular complexity index is 1090. The number of carbonyl (C=O) groups excluding carboxylic acids is 1. The monoisotopic (exact) mass is 451 g/mol. The van der Waals surface area contributed by atoms with E-state index in [1.165, 1.54) is 16.9 Å². The van der Waals surface area contributed by atoms with E-state index in [4.69, 9.17) is 14.2 Å². The van der Waals surface area contributed by atoms with Crippen molar-refractivity contribution in [1.29, 1.82) is 0 Å². The first-order chi connectivity index (χ1) is 15.7. The molecule has 0 aliphatic carbocycles. The van der Waals surface area contributed by atoms with Crippen LogP contribution in [-0.2, 0) is 6.54 Å². The van der Waals surface area contributed by atoms with Crippen molar-refractivity contribution in [3.8, 4) is 27.8 Å². The number of hydrogen-bond acceptors (Lipinski definition) is 7. The van der Waals surface area contributed by atoms with Crippen molar-refractivity contribution in [2.45, 2.75) is 6.54 Å². The van der Waals surface area contributed by atoms with Gasteiger partial charge >= 0.3 is 0 Å². The summed E-state index contributed by atoms with van der Waals surface area (Å²) in [5.41, 5.74) is 2.69. The van der Waals surface area contributed by atoms with Crippen LogP contribution in [0.4, 0.5) is 0 Å². The summed E-state index contributed by atoms with van der Waals surface area (Å²) in [5, 5.41) is 2.69. The van der Waals surface area contributed by atoms with Crippen molar-refractivity contribution in [2.75, 3.05) is 46.5 Å². The van der Waals surface area contributed by atoms with Crippen LogP contribution in [-0.4, -0.2) is 67.2 Å². The van der Waals surface area contributed by atoms with Crippen molar-refractivity contribution in [1.82, 2.24) is 14.8 Å². The summed E-state index contributed by atoms with van der Waals surface area (Å²) in [6.45, 7) is 5.07. The van der Waals surface area contributed by atoms with E-state index < -0.39 is 0 Å². The lowest BCUT2D eigenvalue weighted by atomic mass is 10.1. The van der Waals surface area contributed by atoms with Crippen molar-refractivity contribution < 1.29 is 19.0 Å². The van der Waals surface area contributed by atoms with Gasteiger partial charge in [-0.2, -0.15) is 0 Å². The van der Waals surface area contributed by atoms with Crippen LogP contribution in [0.2, 0.25) is 0 Å². The van der Waals surface area contributed by atoms with Crippen molar-refractivity contribution in [3.63, 3.8) is 0 Å². The Hall–Kier alpha value is -3.10. The van der Waals surface area contributed by atoms with Gasteiger partial charge in [0.2, 0.25) is 0 Å². The largest absolute Gasteiger partial charge is 0.497 e. The van der Waals surface area contributed by atoms with Gasteiger partial charge in [0.05, 0.1) is 7.11 Å². The predicted octanol–water partition coefficient (Wildman–Crippen LogP) is 3.55. The molecule has 1 fully saturated rings. The number of piperazine rings is 1. The summed E-state index contributed by atoms with van der Waals surface area (Å²) in [5.74, 6) is 2.43. The van der Waals surface area contributed by atoms with E-state index >= 15 is 0 Å². The average molecular weight is 452 g/mol. The molecule has 7 nitrogen and oxygen atoms in total. The minimum Gasteiger partial charge on any atom is -0.497 e. The molecule has 3 aromatic rings. The van der Waals surface area contributed by atoms with Gasteiger partial charge in [0.15, 0.2) is 11.5 Å². The summed E-state index contributed by atoms with van der Waals surface area (Å²) >= 11 is 1.49. The van der Waals surface area contributed by atoms with E-state index in [1.807, 2.05) is 40.6 Å². The molecule has 5 rings (SSSR count). The Labute approximate surface area is 191 Å². The molecule has 32 heavy (non-hydrogen) atoms. The van der Waals surface area contributed by atoms with Crippen LogP contribution in [0.5, 0.6) is 17.2 Å². The maximum Gasteiger partial charge on any atom is 0.273 e. The summed E-state index contributed by atoms with van der Waals surface area (Å²) < 4.78 is 16.5. The molecule has 2 aromatic carbocycles. The highest BCUT2D eigenvalue weighted by atomic mass is 32.1. The van der Waals surface area contributed by atoms with E-state index in [1.54, 1.807) is 7.11 Å². The van der Waals surface area contributed by atoms with Crippen molar-refractivity contribution >= 4 is 17.2 Å². The normalized spacial score (nSPS) is 16.1. The number of aromatic nitrogens is 1. The second-order valence-electron chi connectivity index (χ2n) is 7.81. The van der Waals surface area contributed by atoms with Crippen molar-refractivity contribution in [3.05, 3.63) is 59.1 Å². The van der Waals surface area contributed by atoms with Gasteiger partial charge in [0, 0.05) is 43.7 Å². The van der Waals surface area contributed by atoms with Gasteiger partial charge < -0.3 is 19.1 Å². The Morgan fingerprint density at radius 3 is 2.53 bits per heavy atom. The van der Waals surface area contributed by atoms with E-state index in [2.05, 4.69) is 22.0 Å². The third-order valence-electron chi connectivity index (χ3n) is 5.73. The van der Waals surface area contributed by atoms with Gasteiger partial charge in [-0.25, -0.2) is 4.98 Å². The van der Waals surface area contributed by atoms with E-state index in [9.17, 15) is 4.79 Å². The zero-order valence-electron chi connectivity index (χ0n) is 18.0. The third-order valence-corrected chi connectivity index (χ3v) is 6.62. The molecule has 2 aliphatic rings. The fourth-order valence-corrected chi connectivity index (χ4v) is 4.75. The minimum atomic E-state index is -0.00000815. The maximum absolute atomic E-state index is 13.0. The zero-order valence-corrected chi connectivity index (χ0v) is 18.8. The zero-order chi connectivity index (χ0) is 21.9. The quantitative estimate of drug-likeness (QED) is 0.591. The number of carbonyl (C=O) groups is 1. The number of methoxy groups -OCH3 is 1. The molecule has 1 aromatic heterocycles. The van der Waals surface area contributed by atoms with Crippen LogP contribution in [0.3, 0.4) is 0 Å². The third kappa shape index (κ3) is 4.42. The van der Waals surface area contributed by atoms with Crippen molar-refractivity contribution in [2.24, 2.45) is 0 Å². The smallest absolute Gasteiger partial charge is 0.273 e. The lowest BCUT2D eigenvalue weighted by Crippen LogP contribution is -2.48. The molecule has 0 saturated carbocycles. The predicted molar refractivity (Wildman–Crippen MR) is 123 cm³/mol. The number of rotatable bonds is 5. The SMILES string of the molecule is COc1ccc(-c2nc(C(=O)N3CCN(Cc4ccc5c(c4)OCCO5)CC3)cs2)cc1. The van der Waals surface area contributed by atoms with Gasteiger partial charge in [0.25, 0.3) is 5.91 Å². The molecule has 166 valence electrons. The molecule has 0 radical (unpaired) electrons. The van der Waals surface area contributed by atoms with E-state index in [-0.39, 0.29) is 5.91 Å². The lowest BCUT2D eigenvalue weighted by molar-refractivity contribution is 0.0623. The molecular weight excluding hydrogens is 426 g/mol. The molecule has 0 bridgehead atoms. The maximum atomic E-state index is 13.0. The van der Waals surface area contributed by atoms with Gasteiger partial charge in [-0.3, -0.25) is 9.69 Å². The molecule has 0 atom stereocenters. The molecule has 0 N–H and O–H groups in total.